The number of nitrogens with two attached hydrogens (primary N) is 1. The quantitative estimate of drug-likeness (QED) is 0.888. The van der Waals surface area contributed by atoms with Crippen LogP contribution in [0.15, 0.2) is 18.2 Å². The smallest absolute Gasteiger partial charge is 0.160 e. The maximum Gasteiger partial charge on any atom is 0.160 e. The van der Waals surface area contributed by atoms with Gasteiger partial charge in [0.2, 0.25) is 0 Å². The van der Waals surface area contributed by atoms with Crippen molar-refractivity contribution in [3.8, 4) is 11.5 Å². The molecule has 1 aliphatic rings. The molecule has 1 aromatic rings. The standard InChI is InChI=1S/C16H26N2O2/c1-4-12-10-18(8-7-14(12)17)11(2)13-5-6-15(19)16(9-13)20-3/h5-6,9,11-12,14,19H,4,7-8,10,17H2,1-3H3. The molecule has 4 heteroatoms. The second-order valence-electron chi connectivity index (χ2n) is 5.72. The van der Waals surface area contributed by atoms with Crippen LogP contribution in [-0.2, 0) is 0 Å². The molecular formula is C16H26N2O2. The Labute approximate surface area is 121 Å². The van der Waals surface area contributed by atoms with Crippen molar-refractivity contribution in [2.24, 2.45) is 11.7 Å². The van der Waals surface area contributed by atoms with Crippen LogP contribution in [0.4, 0.5) is 0 Å². The molecule has 20 heavy (non-hydrogen) atoms. The van der Waals surface area contributed by atoms with Gasteiger partial charge < -0.3 is 15.6 Å². The molecule has 1 saturated heterocycles. The van der Waals surface area contributed by atoms with Gasteiger partial charge in [0.15, 0.2) is 11.5 Å². The van der Waals surface area contributed by atoms with E-state index in [0.717, 1.165) is 25.9 Å². The third kappa shape index (κ3) is 3.07. The van der Waals surface area contributed by atoms with Gasteiger partial charge >= 0.3 is 0 Å². The molecule has 0 saturated carbocycles. The average Bonchev–Trinajstić information content (AvgIpc) is 2.47. The largest absolute Gasteiger partial charge is 0.504 e. The Morgan fingerprint density at radius 2 is 2.25 bits per heavy atom. The first-order valence-corrected chi connectivity index (χ1v) is 7.43. The van der Waals surface area contributed by atoms with Gasteiger partial charge in [0.25, 0.3) is 0 Å². The molecule has 0 radical (unpaired) electrons. The van der Waals surface area contributed by atoms with Crippen LogP contribution < -0.4 is 10.5 Å². The fourth-order valence-corrected chi connectivity index (χ4v) is 3.03. The van der Waals surface area contributed by atoms with Crippen LogP contribution in [-0.4, -0.2) is 36.2 Å². The van der Waals surface area contributed by atoms with Gasteiger partial charge in [-0.3, -0.25) is 4.90 Å². The summed E-state index contributed by atoms with van der Waals surface area (Å²) in [5.74, 6) is 1.30. The topological polar surface area (TPSA) is 58.7 Å². The zero-order chi connectivity index (χ0) is 14.7. The van der Waals surface area contributed by atoms with Gasteiger partial charge in [-0.1, -0.05) is 19.4 Å². The van der Waals surface area contributed by atoms with E-state index < -0.39 is 0 Å². The van der Waals surface area contributed by atoms with E-state index in [4.69, 9.17) is 10.5 Å². The normalized spacial score (nSPS) is 25.4. The van der Waals surface area contributed by atoms with Gasteiger partial charge in [-0.05, 0) is 37.0 Å². The van der Waals surface area contributed by atoms with Crippen molar-refractivity contribution in [1.29, 1.82) is 0 Å². The molecule has 3 unspecified atom stereocenters. The van der Waals surface area contributed by atoms with Crippen molar-refractivity contribution in [2.45, 2.75) is 38.8 Å². The summed E-state index contributed by atoms with van der Waals surface area (Å²) in [5, 5.41) is 9.69. The molecule has 0 bridgehead atoms. The van der Waals surface area contributed by atoms with E-state index in [1.807, 2.05) is 12.1 Å². The highest BCUT2D eigenvalue weighted by Gasteiger charge is 2.28. The molecule has 2 rings (SSSR count). The molecule has 3 N–H and O–H groups in total. The maximum atomic E-state index is 9.69. The minimum Gasteiger partial charge on any atom is -0.504 e. The highest BCUT2D eigenvalue weighted by atomic mass is 16.5. The number of hydrogen-bond donors (Lipinski definition) is 2. The average molecular weight is 278 g/mol. The van der Waals surface area contributed by atoms with E-state index in [-0.39, 0.29) is 5.75 Å². The number of phenolic OH excluding ortho intramolecular Hbond substituents is 1. The maximum absolute atomic E-state index is 9.69. The van der Waals surface area contributed by atoms with Crippen molar-refractivity contribution >= 4 is 0 Å². The zero-order valence-corrected chi connectivity index (χ0v) is 12.7. The van der Waals surface area contributed by atoms with E-state index in [0.29, 0.717) is 23.8 Å². The second-order valence-corrected chi connectivity index (χ2v) is 5.72. The highest BCUT2D eigenvalue weighted by Crippen LogP contribution is 2.33. The summed E-state index contributed by atoms with van der Waals surface area (Å²) < 4.78 is 5.19. The summed E-state index contributed by atoms with van der Waals surface area (Å²) in [4.78, 5) is 2.48. The van der Waals surface area contributed by atoms with Crippen LogP contribution in [0.1, 0.15) is 38.3 Å². The Kier molecular flexibility index (Phi) is 4.89. The number of phenols is 1. The number of ether oxygens (including phenoxy) is 1. The summed E-state index contributed by atoms with van der Waals surface area (Å²) in [5.41, 5.74) is 7.35. The number of aromatic hydroxyl groups is 1. The summed E-state index contributed by atoms with van der Waals surface area (Å²) in [6.07, 6.45) is 2.18. The van der Waals surface area contributed by atoms with E-state index in [1.54, 1.807) is 13.2 Å². The first kappa shape index (κ1) is 15.1. The number of rotatable bonds is 4. The third-order valence-electron chi connectivity index (χ3n) is 4.58. The zero-order valence-electron chi connectivity index (χ0n) is 12.7. The second kappa shape index (κ2) is 6.46. The molecule has 0 amide bonds. The number of piperidine rings is 1. The summed E-state index contributed by atoms with van der Waals surface area (Å²) in [6.45, 7) is 6.49. The lowest BCUT2D eigenvalue weighted by atomic mass is 9.89. The Balaban J connectivity index is 2.12. The Morgan fingerprint density at radius 3 is 2.90 bits per heavy atom. The lowest BCUT2D eigenvalue weighted by molar-refractivity contribution is 0.114. The molecule has 1 aliphatic heterocycles. The Morgan fingerprint density at radius 1 is 1.50 bits per heavy atom. The Hall–Kier alpha value is -1.26. The van der Waals surface area contributed by atoms with Crippen LogP contribution in [0.25, 0.3) is 0 Å². The summed E-state index contributed by atoms with van der Waals surface area (Å²) in [6, 6.07) is 6.24. The minimum atomic E-state index is 0.190. The van der Waals surface area contributed by atoms with Gasteiger partial charge in [0.1, 0.15) is 0 Å². The minimum absolute atomic E-state index is 0.190. The van der Waals surface area contributed by atoms with Gasteiger partial charge in [-0.2, -0.15) is 0 Å². The van der Waals surface area contributed by atoms with Crippen molar-refractivity contribution in [3.05, 3.63) is 23.8 Å². The Bertz CT molecular complexity index is 450. The molecule has 112 valence electrons. The van der Waals surface area contributed by atoms with Crippen molar-refractivity contribution in [3.63, 3.8) is 0 Å². The molecule has 1 heterocycles. The van der Waals surface area contributed by atoms with Crippen molar-refractivity contribution in [2.75, 3.05) is 20.2 Å². The number of nitrogens with zero attached hydrogens (tertiary/aromatic N) is 1. The van der Waals surface area contributed by atoms with Gasteiger partial charge in [-0.25, -0.2) is 0 Å². The lowest BCUT2D eigenvalue weighted by Gasteiger charge is -2.40. The highest BCUT2D eigenvalue weighted by molar-refractivity contribution is 5.42. The number of hydrogen-bond acceptors (Lipinski definition) is 4. The fraction of sp³-hybridized carbons (Fsp3) is 0.625. The molecular weight excluding hydrogens is 252 g/mol. The van der Waals surface area contributed by atoms with Crippen molar-refractivity contribution in [1.82, 2.24) is 4.90 Å². The predicted octanol–water partition coefficient (Wildman–Crippen LogP) is 2.52. The molecule has 1 fully saturated rings. The third-order valence-corrected chi connectivity index (χ3v) is 4.58. The number of benzene rings is 1. The van der Waals surface area contributed by atoms with Gasteiger partial charge in [0, 0.05) is 25.2 Å². The molecule has 3 atom stereocenters. The van der Waals surface area contributed by atoms with Crippen LogP contribution in [0.5, 0.6) is 11.5 Å². The van der Waals surface area contributed by atoms with Crippen LogP contribution in [0.3, 0.4) is 0 Å². The molecule has 0 spiro atoms. The van der Waals surface area contributed by atoms with Crippen LogP contribution in [0, 0.1) is 5.92 Å². The van der Waals surface area contributed by atoms with E-state index in [9.17, 15) is 5.11 Å². The molecule has 0 aromatic heterocycles. The molecule has 4 nitrogen and oxygen atoms in total. The fourth-order valence-electron chi connectivity index (χ4n) is 3.03. The summed E-state index contributed by atoms with van der Waals surface area (Å²) >= 11 is 0. The monoisotopic (exact) mass is 278 g/mol. The predicted molar refractivity (Wildman–Crippen MR) is 81.0 cm³/mol. The lowest BCUT2D eigenvalue weighted by Crippen LogP contribution is -2.47. The number of methoxy groups -OCH3 is 1. The number of likely N-dealkylation sites (tertiary alicyclic amines) is 1. The molecule has 1 aromatic carbocycles. The van der Waals surface area contributed by atoms with Crippen LogP contribution >= 0.6 is 0 Å². The van der Waals surface area contributed by atoms with E-state index in [1.165, 1.54) is 5.56 Å². The van der Waals surface area contributed by atoms with E-state index in [2.05, 4.69) is 18.7 Å². The van der Waals surface area contributed by atoms with Crippen molar-refractivity contribution < 1.29 is 9.84 Å². The van der Waals surface area contributed by atoms with Crippen LogP contribution in [0.2, 0.25) is 0 Å². The first-order valence-electron chi connectivity index (χ1n) is 7.43. The van der Waals surface area contributed by atoms with Gasteiger partial charge in [-0.15, -0.1) is 0 Å². The van der Waals surface area contributed by atoms with E-state index >= 15 is 0 Å². The SMILES string of the molecule is CCC1CN(C(C)c2ccc(O)c(OC)c2)CCC1N. The first-order chi connectivity index (χ1) is 9.56. The summed E-state index contributed by atoms with van der Waals surface area (Å²) in [7, 11) is 1.58. The van der Waals surface area contributed by atoms with Gasteiger partial charge in [0.05, 0.1) is 7.11 Å². The molecule has 0 aliphatic carbocycles.